The standard InChI is InChI=1S/C17H17N3O3S/c1-3-8-24-17-19-15-14(16(22)20-17)12(9-13(21)18-15)10-4-6-11(23-2)7-5-10/h3-7,12H,1,8-9H2,2H3,(H2,18,19,20,21,22)/t12-/m1/s1. The molecule has 1 atom stereocenters. The number of benzene rings is 1. The zero-order valence-electron chi connectivity index (χ0n) is 13.2. The fourth-order valence-corrected chi connectivity index (χ4v) is 3.27. The smallest absolute Gasteiger partial charge is 0.257 e. The Kier molecular flexibility index (Phi) is 4.71. The number of hydrogen-bond acceptors (Lipinski definition) is 5. The Morgan fingerprint density at radius 2 is 2.12 bits per heavy atom. The van der Waals surface area contributed by atoms with Gasteiger partial charge in [-0.05, 0) is 17.7 Å². The molecule has 6 nitrogen and oxygen atoms in total. The number of aromatic amines is 1. The van der Waals surface area contributed by atoms with E-state index in [1.54, 1.807) is 13.2 Å². The van der Waals surface area contributed by atoms with Gasteiger partial charge in [0.15, 0.2) is 5.16 Å². The van der Waals surface area contributed by atoms with E-state index in [0.29, 0.717) is 22.3 Å². The van der Waals surface area contributed by atoms with Gasteiger partial charge in [0.1, 0.15) is 11.6 Å². The van der Waals surface area contributed by atoms with Gasteiger partial charge in [0, 0.05) is 18.1 Å². The number of ether oxygens (including phenoxy) is 1. The van der Waals surface area contributed by atoms with E-state index in [4.69, 9.17) is 4.74 Å². The highest BCUT2D eigenvalue weighted by molar-refractivity contribution is 7.99. The number of fused-ring (bicyclic) bond motifs is 1. The molecule has 0 fully saturated rings. The van der Waals surface area contributed by atoms with Crippen molar-refractivity contribution in [3.8, 4) is 5.75 Å². The molecule has 0 bridgehead atoms. The SMILES string of the molecule is C=CCSc1nc2c(c(=O)[nH]1)[C@@H](c1ccc(OC)cc1)CC(=O)N2. The second-order valence-corrected chi connectivity index (χ2v) is 6.32. The summed E-state index contributed by atoms with van der Waals surface area (Å²) in [4.78, 5) is 31.8. The molecule has 124 valence electrons. The third-order valence-corrected chi connectivity index (χ3v) is 4.65. The van der Waals surface area contributed by atoms with Gasteiger partial charge in [-0.3, -0.25) is 9.59 Å². The van der Waals surface area contributed by atoms with Crippen molar-refractivity contribution in [2.45, 2.75) is 17.5 Å². The van der Waals surface area contributed by atoms with Crippen molar-refractivity contribution in [2.24, 2.45) is 0 Å². The lowest BCUT2D eigenvalue weighted by atomic mass is 9.87. The number of H-pyrrole nitrogens is 1. The molecule has 3 rings (SSSR count). The number of amides is 1. The van der Waals surface area contributed by atoms with Crippen LogP contribution in [0.25, 0.3) is 0 Å². The predicted octanol–water partition coefficient (Wildman–Crippen LogP) is 2.53. The number of carbonyl (C=O) groups excluding carboxylic acids is 1. The zero-order valence-corrected chi connectivity index (χ0v) is 14.0. The molecular weight excluding hydrogens is 326 g/mol. The Morgan fingerprint density at radius 1 is 1.38 bits per heavy atom. The number of nitrogens with one attached hydrogen (secondary N) is 2. The summed E-state index contributed by atoms with van der Waals surface area (Å²) in [7, 11) is 1.59. The molecule has 7 heteroatoms. The first-order valence-electron chi connectivity index (χ1n) is 7.44. The van der Waals surface area contributed by atoms with Crippen LogP contribution in [0.1, 0.15) is 23.5 Å². The third kappa shape index (κ3) is 3.21. The number of rotatable bonds is 5. The van der Waals surface area contributed by atoms with Crippen molar-refractivity contribution in [2.75, 3.05) is 18.2 Å². The van der Waals surface area contributed by atoms with E-state index in [2.05, 4.69) is 21.9 Å². The number of methoxy groups -OCH3 is 1. The van der Waals surface area contributed by atoms with Crippen LogP contribution < -0.4 is 15.6 Å². The maximum absolute atomic E-state index is 12.6. The molecule has 24 heavy (non-hydrogen) atoms. The van der Waals surface area contributed by atoms with Crippen molar-refractivity contribution in [1.82, 2.24) is 9.97 Å². The Hall–Kier alpha value is -2.54. The molecule has 0 unspecified atom stereocenters. The van der Waals surface area contributed by atoms with Crippen molar-refractivity contribution in [3.05, 3.63) is 58.4 Å². The second kappa shape index (κ2) is 6.92. The molecule has 1 aliphatic rings. The maximum atomic E-state index is 12.6. The third-order valence-electron chi connectivity index (χ3n) is 3.79. The monoisotopic (exact) mass is 343 g/mol. The van der Waals surface area contributed by atoms with Crippen LogP contribution in [0.5, 0.6) is 5.75 Å². The molecule has 1 aromatic carbocycles. The van der Waals surface area contributed by atoms with Crippen molar-refractivity contribution in [3.63, 3.8) is 0 Å². The van der Waals surface area contributed by atoms with Crippen LogP contribution in [0, 0.1) is 0 Å². The first-order valence-corrected chi connectivity index (χ1v) is 8.42. The lowest BCUT2D eigenvalue weighted by molar-refractivity contribution is -0.116. The molecule has 2 aromatic rings. The fourth-order valence-electron chi connectivity index (χ4n) is 2.68. The van der Waals surface area contributed by atoms with Crippen molar-refractivity contribution >= 4 is 23.5 Å². The number of nitrogens with zero attached hydrogens (tertiary/aromatic N) is 1. The van der Waals surface area contributed by atoms with Crippen LogP contribution in [0.3, 0.4) is 0 Å². The topological polar surface area (TPSA) is 84.1 Å². The molecule has 2 N–H and O–H groups in total. The number of thioether (sulfide) groups is 1. The average molecular weight is 343 g/mol. The summed E-state index contributed by atoms with van der Waals surface area (Å²) in [6.45, 7) is 3.64. The van der Waals surface area contributed by atoms with Gasteiger partial charge in [-0.1, -0.05) is 30.0 Å². The number of carbonyl (C=O) groups is 1. The molecule has 0 saturated carbocycles. The Labute approximate surface area is 143 Å². The summed E-state index contributed by atoms with van der Waals surface area (Å²) < 4.78 is 5.15. The quantitative estimate of drug-likeness (QED) is 0.495. The van der Waals surface area contributed by atoms with Crippen LogP contribution in [-0.2, 0) is 4.79 Å². The summed E-state index contributed by atoms with van der Waals surface area (Å²) in [6, 6.07) is 7.37. The number of hydrogen-bond donors (Lipinski definition) is 2. The fraction of sp³-hybridized carbons (Fsp3) is 0.235. The largest absolute Gasteiger partial charge is 0.497 e. The van der Waals surface area contributed by atoms with E-state index >= 15 is 0 Å². The summed E-state index contributed by atoms with van der Waals surface area (Å²) in [6.07, 6.45) is 1.94. The van der Waals surface area contributed by atoms with Crippen LogP contribution in [-0.4, -0.2) is 28.7 Å². The molecule has 0 aliphatic carbocycles. The minimum absolute atomic E-state index is 0.152. The van der Waals surface area contributed by atoms with Gasteiger partial charge in [-0.15, -0.1) is 6.58 Å². The van der Waals surface area contributed by atoms with Gasteiger partial charge in [0.05, 0.1) is 12.7 Å². The Bertz CT molecular complexity index is 830. The van der Waals surface area contributed by atoms with Gasteiger partial charge >= 0.3 is 0 Å². The van der Waals surface area contributed by atoms with Gasteiger partial charge in [-0.25, -0.2) is 4.98 Å². The number of anilines is 1. The predicted molar refractivity (Wildman–Crippen MR) is 93.9 cm³/mol. The van der Waals surface area contributed by atoms with Crippen LogP contribution >= 0.6 is 11.8 Å². The molecule has 1 aliphatic heterocycles. The molecule has 1 aromatic heterocycles. The van der Waals surface area contributed by atoms with Gasteiger partial charge < -0.3 is 15.0 Å². The average Bonchev–Trinajstić information content (AvgIpc) is 2.59. The highest BCUT2D eigenvalue weighted by Gasteiger charge is 2.30. The molecule has 1 amide bonds. The summed E-state index contributed by atoms with van der Waals surface area (Å²) >= 11 is 1.36. The number of aromatic nitrogens is 2. The Morgan fingerprint density at radius 3 is 2.79 bits per heavy atom. The van der Waals surface area contributed by atoms with Crippen molar-refractivity contribution in [1.29, 1.82) is 0 Å². The second-order valence-electron chi connectivity index (χ2n) is 5.31. The molecule has 2 heterocycles. The van der Waals surface area contributed by atoms with Crippen molar-refractivity contribution < 1.29 is 9.53 Å². The van der Waals surface area contributed by atoms with E-state index in [1.807, 2.05) is 24.3 Å². The van der Waals surface area contributed by atoms with Crippen LogP contribution in [0.4, 0.5) is 5.82 Å². The summed E-state index contributed by atoms with van der Waals surface area (Å²) in [5, 5.41) is 3.17. The minimum Gasteiger partial charge on any atom is -0.497 e. The summed E-state index contributed by atoms with van der Waals surface area (Å²) in [5.41, 5.74) is 1.14. The van der Waals surface area contributed by atoms with E-state index in [9.17, 15) is 9.59 Å². The van der Waals surface area contributed by atoms with Gasteiger partial charge in [-0.2, -0.15) is 0 Å². The lowest BCUT2D eigenvalue weighted by Crippen LogP contribution is -2.31. The van der Waals surface area contributed by atoms with Crippen LogP contribution in [0.2, 0.25) is 0 Å². The zero-order chi connectivity index (χ0) is 17.1. The molecule has 0 saturated heterocycles. The first kappa shape index (κ1) is 16.3. The lowest BCUT2D eigenvalue weighted by Gasteiger charge is -2.24. The molecular formula is C17H17N3O3S. The highest BCUT2D eigenvalue weighted by Crippen LogP contribution is 2.34. The Balaban J connectivity index is 2.03. The van der Waals surface area contributed by atoms with Gasteiger partial charge in [0.2, 0.25) is 5.91 Å². The molecule has 0 spiro atoms. The first-order chi connectivity index (χ1) is 11.6. The normalized spacial score (nSPS) is 16.2. The maximum Gasteiger partial charge on any atom is 0.257 e. The van der Waals surface area contributed by atoms with E-state index in [-0.39, 0.29) is 23.8 Å². The van der Waals surface area contributed by atoms with Gasteiger partial charge in [0.25, 0.3) is 5.56 Å². The van der Waals surface area contributed by atoms with E-state index in [0.717, 1.165) is 11.3 Å². The van der Waals surface area contributed by atoms with E-state index in [1.165, 1.54) is 11.8 Å². The van der Waals surface area contributed by atoms with Crippen LogP contribution in [0.15, 0.2) is 46.9 Å². The molecule has 0 radical (unpaired) electrons. The minimum atomic E-state index is -0.325. The summed E-state index contributed by atoms with van der Waals surface area (Å²) in [5.74, 6) is 1.21. The van der Waals surface area contributed by atoms with E-state index < -0.39 is 0 Å². The highest BCUT2D eigenvalue weighted by atomic mass is 32.2.